The van der Waals surface area contributed by atoms with Crippen LogP contribution in [0.3, 0.4) is 0 Å². The first-order chi connectivity index (χ1) is 13.8. The van der Waals surface area contributed by atoms with E-state index in [2.05, 4.69) is 5.32 Å². The number of thiophene rings is 1. The third kappa shape index (κ3) is 5.10. The lowest BCUT2D eigenvalue weighted by atomic mass is 10.2. The standard InChI is InChI=1S/C19H24ClN3O4S2/c1-3-27-16-7-5-4-6-15(16)21-19(24)14(2)22-10-12-23(13-11-22)29(25,26)18-9-8-17(20)28-18/h4-9,14H,3,10-13H2,1-2H3,(H,21,24). The van der Waals surface area contributed by atoms with Crippen LogP contribution in [0, 0.1) is 0 Å². The Morgan fingerprint density at radius 3 is 2.52 bits per heavy atom. The lowest BCUT2D eigenvalue weighted by molar-refractivity contribution is -0.121. The van der Waals surface area contributed by atoms with Crippen LogP contribution in [0.1, 0.15) is 13.8 Å². The second kappa shape index (κ2) is 9.44. The maximum atomic E-state index is 12.7. The van der Waals surface area contributed by atoms with E-state index in [4.69, 9.17) is 16.3 Å². The van der Waals surface area contributed by atoms with E-state index in [1.165, 1.54) is 10.4 Å². The van der Waals surface area contributed by atoms with Gasteiger partial charge in [-0.3, -0.25) is 9.69 Å². The molecule has 158 valence electrons. The molecule has 1 fully saturated rings. The quantitative estimate of drug-likeness (QED) is 0.691. The summed E-state index contributed by atoms with van der Waals surface area (Å²) in [6.07, 6.45) is 0. The minimum absolute atomic E-state index is 0.154. The molecule has 29 heavy (non-hydrogen) atoms. The number of amides is 1. The molecule has 2 aromatic rings. The van der Waals surface area contributed by atoms with E-state index >= 15 is 0 Å². The lowest BCUT2D eigenvalue weighted by Gasteiger charge is -2.36. The van der Waals surface area contributed by atoms with Crippen LogP contribution in [-0.2, 0) is 14.8 Å². The highest BCUT2D eigenvalue weighted by Crippen LogP contribution is 2.29. The maximum absolute atomic E-state index is 12.7. The Bertz CT molecular complexity index is 956. The molecule has 1 aliphatic rings. The molecule has 1 amide bonds. The molecule has 1 N–H and O–H groups in total. The monoisotopic (exact) mass is 457 g/mol. The average molecular weight is 458 g/mol. The molecule has 0 aliphatic carbocycles. The number of piperazine rings is 1. The summed E-state index contributed by atoms with van der Waals surface area (Å²) in [5.74, 6) is 0.472. The zero-order chi connectivity index (χ0) is 21.0. The first-order valence-electron chi connectivity index (χ1n) is 9.35. The number of hydrogen-bond donors (Lipinski definition) is 1. The van der Waals surface area contributed by atoms with Crippen LogP contribution in [0.2, 0.25) is 4.34 Å². The molecule has 7 nitrogen and oxygen atoms in total. The summed E-state index contributed by atoms with van der Waals surface area (Å²) < 4.78 is 33.1. The van der Waals surface area contributed by atoms with E-state index in [0.29, 0.717) is 48.6 Å². The van der Waals surface area contributed by atoms with Gasteiger partial charge >= 0.3 is 0 Å². The van der Waals surface area contributed by atoms with Crippen molar-refractivity contribution in [2.75, 3.05) is 38.1 Å². The Kier molecular flexibility index (Phi) is 7.18. The number of hydrogen-bond acceptors (Lipinski definition) is 6. The second-order valence-electron chi connectivity index (χ2n) is 6.59. The van der Waals surface area contributed by atoms with Crippen molar-refractivity contribution in [3.05, 3.63) is 40.7 Å². The predicted octanol–water partition coefficient (Wildman–Crippen LogP) is 3.13. The van der Waals surface area contributed by atoms with Crippen molar-refractivity contribution >= 4 is 44.6 Å². The fraction of sp³-hybridized carbons (Fsp3) is 0.421. The van der Waals surface area contributed by atoms with Gasteiger partial charge in [-0.25, -0.2) is 8.42 Å². The zero-order valence-corrected chi connectivity index (χ0v) is 18.7. The Balaban J connectivity index is 1.60. The molecule has 1 aliphatic heterocycles. The fourth-order valence-corrected chi connectivity index (χ4v) is 6.21. The van der Waals surface area contributed by atoms with Gasteiger partial charge in [0.2, 0.25) is 5.91 Å². The Labute approximate surface area is 180 Å². The van der Waals surface area contributed by atoms with E-state index in [1.807, 2.05) is 36.9 Å². The van der Waals surface area contributed by atoms with Crippen LogP contribution in [0.25, 0.3) is 0 Å². The van der Waals surface area contributed by atoms with Crippen molar-refractivity contribution in [2.24, 2.45) is 0 Å². The molecule has 1 aromatic carbocycles. The smallest absolute Gasteiger partial charge is 0.252 e. The van der Waals surface area contributed by atoms with Gasteiger partial charge in [0, 0.05) is 26.2 Å². The van der Waals surface area contributed by atoms with Crippen molar-refractivity contribution < 1.29 is 17.9 Å². The van der Waals surface area contributed by atoms with E-state index in [1.54, 1.807) is 12.1 Å². The van der Waals surface area contributed by atoms with Crippen LogP contribution < -0.4 is 10.1 Å². The number of para-hydroxylation sites is 2. The number of nitrogens with zero attached hydrogens (tertiary/aromatic N) is 2. The fourth-order valence-electron chi connectivity index (χ4n) is 3.15. The molecule has 10 heteroatoms. The molecular formula is C19H24ClN3O4S2. The SMILES string of the molecule is CCOc1ccccc1NC(=O)C(C)N1CCN(S(=O)(=O)c2ccc(Cl)s2)CC1. The third-order valence-corrected chi connectivity index (χ3v) is 8.39. The normalized spacial score (nSPS) is 17.1. The molecule has 0 radical (unpaired) electrons. The topological polar surface area (TPSA) is 79.0 Å². The zero-order valence-electron chi connectivity index (χ0n) is 16.3. The van der Waals surface area contributed by atoms with Crippen LogP contribution in [0.5, 0.6) is 5.75 Å². The number of sulfonamides is 1. The number of ether oxygens (including phenoxy) is 1. The van der Waals surface area contributed by atoms with Crippen LogP contribution in [-0.4, -0.2) is 62.4 Å². The molecule has 0 spiro atoms. The molecule has 1 aromatic heterocycles. The van der Waals surface area contributed by atoms with E-state index in [0.717, 1.165) is 11.3 Å². The molecule has 1 unspecified atom stereocenters. The third-order valence-electron chi connectivity index (χ3n) is 4.79. The first kappa shape index (κ1) is 22.0. The Hall–Kier alpha value is -1.65. The predicted molar refractivity (Wildman–Crippen MR) is 115 cm³/mol. The van der Waals surface area contributed by atoms with E-state index in [9.17, 15) is 13.2 Å². The van der Waals surface area contributed by atoms with Gasteiger partial charge in [0.15, 0.2) is 0 Å². The number of benzene rings is 1. The number of carbonyl (C=O) groups is 1. The summed E-state index contributed by atoms with van der Waals surface area (Å²) >= 11 is 6.93. The summed E-state index contributed by atoms with van der Waals surface area (Å²) in [5.41, 5.74) is 0.627. The highest BCUT2D eigenvalue weighted by molar-refractivity contribution is 7.91. The molecule has 3 rings (SSSR count). The van der Waals surface area contributed by atoms with Crippen molar-refractivity contribution in [2.45, 2.75) is 24.1 Å². The van der Waals surface area contributed by atoms with Crippen LogP contribution in [0.4, 0.5) is 5.69 Å². The summed E-state index contributed by atoms with van der Waals surface area (Å²) in [6, 6.07) is 10.0. The number of carbonyl (C=O) groups excluding carboxylic acids is 1. The first-order valence-corrected chi connectivity index (χ1v) is 12.0. The highest BCUT2D eigenvalue weighted by atomic mass is 35.5. The van der Waals surface area contributed by atoms with Gasteiger partial charge < -0.3 is 10.1 Å². The molecule has 1 saturated heterocycles. The maximum Gasteiger partial charge on any atom is 0.252 e. The molecular weight excluding hydrogens is 434 g/mol. The highest BCUT2D eigenvalue weighted by Gasteiger charge is 2.32. The van der Waals surface area contributed by atoms with Gasteiger partial charge in [0.05, 0.1) is 22.7 Å². The van der Waals surface area contributed by atoms with Gasteiger partial charge in [-0.15, -0.1) is 11.3 Å². The average Bonchev–Trinajstić information content (AvgIpc) is 3.16. The largest absolute Gasteiger partial charge is 0.492 e. The van der Waals surface area contributed by atoms with Gasteiger partial charge in [-0.2, -0.15) is 4.31 Å². The molecule has 1 atom stereocenters. The second-order valence-corrected chi connectivity index (χ2v) is 10.5. The molecule has 0 saturated carbocycles. The Morgan fingerprint density at radius 2 is 1.90 bits per heavy atom. The number of rotatable bonds is 7. The van der Waals surface area contributed by atoms with E-state index in [-0.39, 0.29) is 10.1 Å². The minimum atomic E-state index is -3.55. The molecule has 0 bridgehead atoms. The summed E-state index contributed by atoms with van der Waals surface area (Å²) in [4.78, 5) is 14.7. The van der Waals surface area contributed by atoms with Gasteiger partial charge in [-0.05, 0) is 38.1 Å². The van der Waals surface area contributed by atoms with Crippen LogP contribution in [0.15, 0.2) is 40.6 Å². The van der Waals surface area contributed by atoms with Crippen molar-refractivity contribution in [1.29, 1.82) is 0 Å². The van der Waals surface area contributed by atoms with Crippen molar-refractivity contribution in [1.82, 2.24) is 9.21 Å². The molecule has 2 heterocycles. The lowest BCUT2D eigenvalue weighted by Crippen LogP contribution is -2.53. The van der Waals surface area contributed by atoms with Gasteiger partial charge in [0.1, 0.15) is 9.96 Å². The van der Waals surface area contributed by atoms with Gasteiger partial charge in [0.25, 0.3) is 10.0 Å². The van der Waals surface area contributed by atoms with Gasteiger partial charge in [-0.1, -0.05) is 23.7 Å². The summed E-state index contributed by atoms with van der Waals surface area (Å²) in [7, 11) is -3.55. The van der Waals surface area contributed by atoms with E-state index < -0.39 is 16.1 Å². The number of anilines is 1. The Morgan fingerprint density at radius 1 is 1.21 bits per heavy atom. The minimum Gasteiger partial charge on any atom is -0.492 e. The summed E-state index contributed by atoms with van der Waals surface area (Å²) in [6.45, 7) is 5.81. The number of nitrogens with one attached hydrogen (secondary N) is 1. The van der Waals surface area contributed by atoms with Crippen molar-refractivity contribution in [3.8, 4) is 5.75 Å². The summed E-state index contributed by atoms with van der Waals surface area (Å²) in [5, 5.41) is 2.91. The van der Waals surface area contributed by atoms with Crippen molar-refractivity contribution in [3.63, 3.8) is 0 Å². The number of halogens is 1. The van der Waals surface area contributed by atoms with Crippen LogP contribution >= 0.6 is 22.9 Å².